The first-order valence-electron chi connectivity index (χ1n) is 5.50. The summed E-state index contributed by atoms with van der Waals surface area (Å²) in [4.78, 5) is 14.5. The SMILES string of the molecule is O=C(O)Cc1ncc(-c2c[nH][n+]3c2NCC3)nn1. The van der Waals surface area contributed by atoms with E-state index in [1.165, 1.54) is 6.20 Å². The second kappa shape index (κ2) is 4.06. The van der Waals surface area contributed by atoms with E-state index in [2.05, 4.69) is 25.6 Å². The molecule has 92 valence electrons. The first kappa shape index (κ1) is 10.6. The van der Waals surface area contributed by atoms with Gasteiger partial charge in [0.25, 0.3) is 0 Å². The van der Waals surface area contributed by atoms with E-state index in [0.29, 0.717) is 5.69 Å². The van der Waals surface area contributed by atoms with Crippen LogP contribution in [0.5, 0.6) is 0 Å². The second-order valence-electron chi connectivity index (χ2n) is 3.94. The molecule has 0 radical (unpaired) electrons. The number of carbonyl (C=O) groups is 1. The number of nitrogens with zero attached hydrogens (tertiary/aromatic N) is 4. The summed E-state index contributed by atoms with van der Waals surface area (Å²) in [5.74, 6) is 0.195. The Hall–Kier alpha value is -2.51. The lowest BCUT2D eigenvalue weighted by Crippen LogP contribution is -2.32. The van der Waals surface area contributed by atoms with Crippen LogP contribution in [0.4, 0.5) is 5.82 Å². The summed E-state index contributed by atoms with van der Waals surface area (Å²) in [6.07, 6.45) is 3.14. The molecule has 2 aromatic rings. The van der Waals surface area contributed by atoms with Gasteiger partial charge in [0, 0.05) is 0 Å². The lowest BCUT2D eigenvalue weighted by molar-refractivity contribution is -0.725. The molecule has 1 aliphatic heterocycles. The van der Waals surface area contributed by atoms with Gasteiger partial charge in [-0.3, -0.25) is 10.1 Å². The van der Waals surface area contributed by atoms with E-state index in [0.717, 1.165) is 24.5 Å². The fourth-order valence-corrected chi connectivity index (χ4v) is 1.91. The standard InChI is InChI=1S/C10H10N6O2/c17-9(18)3-8-12-5-7(14-15-8)6-4-13-16-2-1-11-10(6)16/h4-5H,1-3H2,(H2,11,13,14,17,18)/p+1. The molecule has 3 N–H and O–H groups in total. The summed E-state index contributed by atoms with van der Waals surface area (Å²) in [6.45, 7) is 1.75. The average Bonchev–Trinajstić information content (AvgIpc) is 2.91. The molecule has 0 aliphatic carbocycles. The van der Waals surface area contributed by atoms with Gasteiger partial charge in [-0.05, 0) is 0 Å². The van der Waals surface area contributed by atoms with Crippen LogP contribution in [0.25, 0.3) is 11.3 Å². The number of aromatic nitrogens is 5. The number of carboxylic acid groups (broad SMARTS) is 1. The van der Waals surface area contributed by atoms with Gasteiger partial charge in [0.2, 0.25) is 0 Å². The van der Waals surface area contributed by atoms with Crippen molar-refractivity contribution in [2.45, 2.75) is 13.0 Å². The number of rotatable bonds is 3. The van der Waals surface area contributed by atoms with Crippen molar-refractivity contribution in [1.82, 2.24) is 20.3 Å². The summed E-state index contributed by atoms with van der Waals surface area (Å²) in [7, 11) is 0. The fourth-order valence-electron chi connectivity index (χ4n) is 1.91. The number of hydrogen-bond acceptors (Lipinski definition) is 5. The predicted molar refractivity (Wildman–Crippen MR) is 59.6 cm³/mol. The van der Waals surface area contributed by atoms with Gasteiger partial charge >= 0.3 is 11.8 Å². The Kier molecular flexibility index (Phi) is 2.40. The highest BCUT2D eigenvalue weighted by Gasteiger charge is 2.25. The number of hydrogen-bond donors (Lipinski definition) is 3. The topological polar surface area (TPSA) is 108 Å². The average molecular weight is 247 g/mol. The lowest BCUT2D eigenvalue weighted by Gasteiger charge is -1.97. The lowest BCUT2D eigenvalue weighted by atomic mass is 10.2. The summed E-state index contributed by atoms with van der Waals surface area (Å²) < 4.78 is 1.97. The van der Waals surface area contributed by atoms with Crippen LogP contribution in [-0.2, 0) is 17.8 Å². The molecular formula is C10H11N6O2+. The van der Waals surface area contributed by atoms with Crippen molar-refractivity contribution in [3.63, 3.8) is 0 Å². The minimum Gasteiger partial charge on any atom is -0.481 e. The van der Waals surface area contributed by atoms with Crippen LogP contribution in [-0.4, -0.2) is 37.9 Å². The molecule has 0 unspecified atom stereocenters. The molecule has 18 heavy (non-hydrogen) atoms. The van der Waals surface area contributed by atoms with Crippen LogP contribution in [0.15, 0.2) is 12.4 Å². The van der Waals surface area contributed by atoms with E-state index in [4.69, 9.17) is 5.11 Å². The number of aliphatic carboxylic acids is 1. The molecule has 0 saturated carbocycles. The van der Waals surface area contributed by atoms with Crippen LogP contribution < -0.4 is 10.00 Å². The monoisotopic (exact) mass is 247 g/mol. The molecule has 0 amide bonds. The van der Waals surface area contributed by atoms with Crippen molar-refractivity contribution in [3.8, 4) is 11.3 Å². The van der Waals surface area contributed by atoms with Crippen LogP contribution in [0, 0.1) is 0 Å². The van der Waals surface area contributed by atoms with Crippen LogP contribution in [0.1, 0.15) is 5.82 Å². The molecule has 3 rings (SSSR count). The van der Waals surface area contributed by atoms with E-state index < -0.39 is 5.97 Å². The van der Waals surface area contributed by atoms with E-state index in [9.17, 15) is 4.79 Å². The van der Waals surface area contributed by atoms with Crippen molar-refractivity contribution in [1.29, 1.82) is 0 Å². The van der Waals surface area contributed by atoms with Gasteiger partial charge in [-0.2, -0.15) is 4.68 Å². The van der Waals surface area contributed by atoms with Gasteiger partial charge in [-0.15, -0.1) is 10.2 Å². The highest BCUT2D eigenvalue weighted by Crippen LogP contribution is 2.23. The quantitative estimate of drug-likeness (QED) is 0.613. The first-order chi connectivity index (χ1) is 8.74. The van der Waals surface area contributed by atoms with Gasteiger partial charge in [0.15, 0.2) is 5.82 Å². The Labute approximate surface area is 102 Å². The number of fused-ring (bicyclic) bond motifs is 1. The smallest absolute Gasteiger partial charge is 0.311 e. The molecule has 0 fully saturated rings. The van der Waals surface area contributed by atoms with Crippen molar-refractivity contribution >= 4 is 11.8 Å². The minimum atomic E-state index is -0.968. The van der Waals surface area contributed by atoms with E-state index in [1.807, 2.05) is 10.9 Å². The van der Waals surface area contributed by atoms with Crippen LogP contribution in [0.3, 0.4) is 0 Å². The molecule has 3 heterocycles. The largest absolute Gasteiger partial charge is 0.481 e. The third-order valence-electron chi connectivity index (χ3n) is 2.71. The van der Waals surface area contributed by atoms with E-state index in [-0.39, 0.29) is 12.2 Å². The summed E-state index contributed by atoms with van der Waals surface area (Å²) >= 11 is 0. The molecular weight excluding hydrogens is 236 g/mol. The van der Waals surface area contributed by atoms with Crippen molar-refractivity contribution in [2.24, 2.45) is 0 Å². The number of nitrogens with one attached hydrogen (secondary N) is 2. The number of aromatic amines is 1. The Balaban J connectivity index is 1.90. The number of H-pyrrole nitrogens is 1. The van der Waals surface area contributed by atoms with E-state index >= 15 is 0 Å². The maximum absolute atomic E-state index is 10.5. The Morgan fingerprint density at radius 3 is 3.11 bits per heavy atom. The minimum absolute atomic E-state index is 0.207. The molecule has 0 spiro atoms. The zero-order chi connectivity index (χ0) is 12.5. The maximum Gasteiger partial charge on any atom is 0.311 e. The number of carboxylic acids is 1. The molecule has 1 aliphatic rings. The Morgan fingerprint density at radius 1 is 1.50 bits per heavy atom. The summed E-state index contributed by atoms with van der Waals surface area (Å²) in [5.41, 5.74) is 1.50. The highest BCUT2D eigenvalue weighted by molar-refractivity contribution is 5.70. The molecule has 8 nitrogen and oxygen atoms in total. The first-order valence-corrected chi connectivity index (χ1v) is 5.50. The third kappa shape index (κ3) is 1.77. The number of anilines is 1. The Bertz CT molecular complexity index is 591. The van der Waals surface area contributed by atoms with Crippen molar-refractivity contribution < 1.29 is 14.6 Å². The van der Waals surface area contributed by atoms with Gasteiger partial charge < -0.3 is 5.11 Å². The highest BCUT2D eigenvalue weighted by atomic mass is 16.4. The van der Waals surface area contributed by atoms with E-state index in [1.54, 1.807) is 0 Å². The van der Waals surface area contributed by atoms with Crippen molar-refractivity contribution in [2.75, 3.05) is 11.9 Å². The fraction of sp³-hybridized carbons (Fsp3) is 0.300. The molecule has 0 bridgehead atoms. The molecule has 0 aromatic carbocycles. The van der Waals surface area contributed by atoms with Gasteiger partial charge in [0.1, 0.15) is 30.8 Å². The zero-order valence-corrected chi connectivity index (χ0v) is 9.42. The molecule has 2 aromatic heterocycles. The predicted octanol–water partition coefficient (Wildman–Crippen LogP) is -0.793. The summed E-state index contributed by atoms with van der Waals surface area (Å²) in [6, 6.07) is 0. The van der Waals surface area contributed by atoms with Gasteiger partial charge in [-0.25, -0.2) is 10.1 Å². The second-order valence-corrected chi connectivity index (χ2v) is 3.94. The van der Waals surface area contributed by atoms with Crippen LogP contribution in [0.2, 0.25) is 0 Å². The Morgan fingerprint density at radius 2 is 2.39 bits per heavy atom. The van der Waals surface area contributed by atoms with Gasteiger partial charge in [0.05, 0.1) is 12.4 Å². The van der Waals surface area contributed by atoms with Crippen molar-refractivity contribution in [3.05, 3.63) is 18.2 Å². The molecule has 8 heteroatoms. The zero-order valence-electron chi connectivity index (χ0n) is 9.42. The van der Waals surface area contributed by atoms with Crippen LogP contribution >= 0.6 is 0 Å². The molecule has 0 atom stereocenters. The third-order valence-corrected chi connectivity index (χ3v) is 2.71. The molecule has 0 saturated heterocycles. The summed E-state index contributed by atoms with van der Waals surface area (Å²) in [5, 5.41) is 22.8. The normalized spacial score (nSPS) is 13.1. The maximum atomic E-state index is 10.5. The van der Waals surface area contributed by atoms with Gasteiger partial charge in [-0.1, -0.05) is 0 Å².